The zero-order valence-electron chi connectivity index (χ0n) is 15.4. The van der Waals surface area contributed by atoms with Crippen LogP contribution in [0.15, 0.2) is 30.5 Å². The average molecular weight is 409 g/mol. The fraction of sp³-hybridized carbons (Fsp3) is 0.400. The third-order valence-electron chi connectivity index (χ3n) is 4.80. The largest absolute Gasteiger partial charge is 0.478 e. The van der Waals surface area contributed by atoms with Crippen molar-refractivity contribution in [3.05, 3.63) is 51.6 Å². The van der Waals surface area contributed by atoms with Gasteiger partial charge in [-0.25, -0.2) is 4.98 Å². The molecule has 27 heavy (non-hydrogen) atoms. The standard InChI is InChI=1S/C20H22Cl2N2O3/c1-3-27-18-13(2)10-15(12-23-18)24-19(25)20(6-8-26-9-7-20)16-5-4-14(21)11-17(16)22/h4-5,10-12H,3,6-9H2,1-2H3,(H,24,25). The van der Waals surface area contributed by atoms with Gasteiger partial charge in [0.15, 0.2) is 0 Å². The maximum absolute atomic E-state index is 13.3. The van der Waals surface area contributed by atoms with Crippen LogP contribution in [-0.4, -0.2) is 30.7 Å². The van der Waals surface area contributed by atoms with E-state index in [4.69, 9.17) is 32.7 Å². The summed E-state index contributed by atoms with van der Waals surface area (Å²) in [6.07, 6.45) is 2.69. The van der Waals surface area contributed by atoms with Gasteiger partial charge in [-0.2, -0.15) is 0 Å². The highest BCUT2D eigenvalue weighted by atomic mass is 35.5. The Kier molecular flexibility index (Phi) is 6.25. The van der Waals surface area contributed by atoms with Gasteiger partial charge in [0.25, 0.3) is 0 Å². The van der Waals surface area contributed by atoms with Crippen molar-refractivity contribution >= 4 is 34.8 Å². The summed E-state index contributed by atoms with van der Waals surface area (Å²) in [5.74, 6) is 0.442. The van der Waals surface area contributed by atoms with Crippen LogP contribution in [0.4, 0.5) is 5.69 Å². The Morgan fingerprint density at radius 3 is 2.67 bits per heavy atom. The molecule has 0 spiro atoms. The molecule has 0 unspecified atom stereocenters. The van der Waals surface area contributed by atoms with E-state index in [0.29, 0.717) is 54.3 Å². The smallest absolute Gasteiger partial charge is 0.235 e. The average Bonchev–Trinajstić information content (AvgIpc) is 2.64. The molecule has 0 radical (unpaired) electrons. The van der Waals surface area contributed by atoms with Gasteiger partial charge in [0, 0.05) is 28.8 Å². The molecule has 1 N–H and O–H groups in total. The molecule has 1 amide bonds. The quantitative estimate of drug-likeness (QED) is 0.772. The van der Waals surface area contributed by atoms with E-state index < -0.39 is 5.41 Å². The Balaban J connectivity index is 1.91. The molecule has 1 aliphatic rings. The van der Waals surface area contributed by atoms with Crippen LogP contribution >= 0.6 is 23.2 Å². The molecule has 2 aromatic rings. The number of nitrogens with one attached hydrogen (secondary N) is 1. The van der Waals surface area contributed by atoms with E-state index in [0.717, 1.165) is 11.1 Å². The van der Waals surface area contributed by atoms with Crippen molar-refractivity contribution in [1.29, 1.82) is 0 Å². The number of amides is 1. The fourth-order valence-corrected chi connectivity index (χ4v) is 3.97. The summed E-state index contributed by atoms with van der Waals surface area (Å²) in [4.78, 5) is 17.6. The van der Waals surface area contributed by atoms with Crippen molar-refractivity contribution in [3.8, 4) is 5.88 Å². The van der Waals surface area contributed by atoms with Crippen molar-refractivity contribution in [2.24, 2.45) is 0 Å². The Hall–Kier alpha value is -1.82. The minimum Gasteiger partial charge on any atom is -0.478 e. The lowest BCUT2D eigenvalue weighted by Crippen LogP contribution is -2.45. The molecule has 5 nitrogen and oxygen atoms in total. The second-order valence-electron chi connectivity index (χ2n) is 6.55. The zero-order chi connectivity index (χ0) is 19.4. The Labute approximate surface area is 169 Å². The van der Waals surface area contributed by atoms with Gasteiger partial charge in [-0.05, 0) is 50.5 Å². The Morgan fingerprint density at radius 2 is 2.04 bits per heavy atom. The number of benzene rings is 1. The van der Waals surface area contributed by atoms with Crippen LogP contribution < -0.4 is 10.1 Å². The molecule has 1 aromatic carbocycles. The van der Waals surface area contributed by atoms with E-state index in [1.165, 1.54) is 0 Å². The van der Waals surface area contributed by atoms with Crippen molar-refractivity contribution in [2.45, 2.75) is 32.1 Å². The van der Waals surface area contributed by atoms with Gasteiger partial charge in [-0.1, -0.05) is 29.3 Å². The Morgan fingerprint density at radius 1 is 1.30 bits per heavy atom. The predicted molar refractivity (Wildman–Crippen MR) is 107 cm³/mol. The molecule has 7 heteroatoms. The number of pyridine rings is 1. The van der Waals surface area contributed by atoms with Crippen LogP contribution in [0.1, 0.15) is 30.9 Å². The van der Waals surface area contributed by atoms with Gasteiger partial charge >= 0.3 is 0 Å². The number of aryl methyl sites for hydroxylation is 1. The van der Waals surface area contributed by atoms with E-state index in [1.807, 2.05) is 26.0 Å². The summed E-state index contributed by atoms with van der Waals surface area (Å²) >= 11 is 12.5. The number of aromatic nitrogens is 1. The lowest BCUT2D eigenvalue weighted by molar-refractivity contribution is -0.125. The number of carbonyl (C=O) groups is 1. The maximum Gasteiger partial charge on any atom is 0.235 e. The van der Waals surface area contributed by atoms with E-state index in [-0.39, 0.29) is 5.91 Å². The molecular formula is C20H22Cl2N2O3. The first kappa shape index (κ1) is 19.9. The molecule has 1 aromatic heterocycles. The number of halogens is 2. The van der Waals surface area contributed by atoms with E-state index in [2.05, 4.69) is 10.3 Å². The lowest BCUT2D eigenvalue weighted by Gasteiger charge is -2.36. The third-order valence-corrected chi connectivity index (χ3v) is 5.34. The fourth-order valence-electron chi connectivity index (χ4n) is 3.39. The molecule has 144 valence electrons. The van der Waals surface area contributed by atoms with Crippen LogP contribution in [0.5, 0.6) is 5.88 Å². The summed E-state index contributed by atoms with van der Waals surface area (Å²) in [5.41, 5.74) is 1.48. The minimum absolute atomic E-state index is 0.125. The first-order valence-corrected chi connectivity index (χ1v) is 9.66. The monoisotopic (exact) mass is 408 g/mol. The number of hydrogen-bond donors (Lipinski definition) is 1. The zero-order valence-corrected chi connectivity index (χ0v) is 16.9. The van der Waals surface area contributed by atoms with Crippen LogP contribution in [0, 0.1) is 6.92 Å². The number of carbonyl (C=O) groups excluding carboxylic acids is 1. The summed E-state index contributed by atoms with van der Waals surface area (Å²) < 4.78 is 11.0. The molecule has 0 bridgehead atoms. The molecule has 0 atom stereocenters. The summed E-state index contributed by atoms with van der Waals surface area (Å²) in [5, 5.41) is 4.02. The Bertz CT molecular complexity index is 836. The normalized spacial score (nSPS) is 16.0. The molecule has 0 saturated carbocycles. The number of rotatable bonds is 5. The summed E-state index contributed by atoms with van der Waals surface area (Å²) in [6, 6.07) is 7.12. The SMILES string of the molecule is CCOc1ncc(NC(=O)C2(c3ccc(Cl)cc3Cl)CCOCC2)cc1C. The van der Waals surface area contributed by atoms with Crippen LogP contribution in [0.2, 0.25) is 10.0 Å². The maximum atomic E-state index is 13.3. The van der Waals surface area contributed by atoms with E-state index in [9.17, 15) is 4.79 Å². The first-order chi connectivity index (χ1) is 13.0. The molecule has 1 saturated heterocycles. The predicted octanol–water partition coefficient (Wildman–Crippen LogP) is 4.78. The topological polar surface area (TPSA) is 60.5 Å². The van der Waals surface area contributed by atoms with E-state index in [1.54, 1.807) is 18.3 Å². The molecule has 3 rings (SSSR count). The minimum atomic E-state index is -0.771. The van der Waals surface area contributed by atoms with E-state index >= 15 is 0 Å². The molecular weight excluding hydrogens is 387 g/mol. The first-order valence-electron chi connectivity index (χ1n) is 8.90. The molecule has 1 aliphatic heterocycles. The molecule has 2 heterocycles. The van der Waals surface area contributed by atoms with Crippen molar-refractivity contribution in [3.63, 3.8) is 0 Å². The van der Waals surface area contributed by atoms with Crippen LogP contribution in [-0.2, 0) is 14.9 Å². The van der Waals surface area contributed by atoms with Gasteiger partial charge in [0.05, 0.1) is 23.9 Å². The molecule has 1 fully saturated rings. The second kappa shape index (κ2) is 8.46. The van der Waals surface area contributed by atoms with Gasteiger partial charge in [-0.15, -0.1) is 0 Å². The van der Waals surface area contributed by atoms with Crippen LogP contribution in [0.3, 0.4) is 0 Å². The highest BCUT2D eigenvalue weighted by Gasteiger charge is 2.43. The number of anilines is 1. The summed E-state index contributed by atoms with van der Waals surface area (Å²) in [7, 11) is 0. The molecule has 0 aliphatic carbocycles. The lowest BCUT2D eigenvalue weighted by atomic mass is 9.73. The van der Waals surface area contributed by atoms with Gasteiger partial charge < -0.3 is 14.8 Å². The number of nitrogens with zero attached hydrogens (tertiary/aromatic N) is 1. The number of ether oxygens (including phenoxy) is 2. The van der Waals surface area contributed by atoms with Gasteiger partial charge in [-0.3, -0.25) is 4.79 Å². The van der Waals surface area contributed by atoms with Crippen LogP contribution in [0.25, 0.3) is 0 Å². The highest BCUT2D eigenvalue weighted by molar-refractivity contribution is 6.35. The number of hydrogen-bond acceptors (Lipinski definition) is 4. The third kappa shape index (κ3) is 4.21. The van der Waals surface area contributed by atoms with Crippen molar-refractivity contribution in [2.75, 3.05) is 25.1 Å². The van der Waals surface area contributed by atoms with Gasteiger partial charge in [0.2, 0.25) is 11.8 Å². The highest BCUT2D eigenvalue weighted by Crippen LogP contribution is 2.40. The second-order valence-corrected chi connectivity index (χ2v) is 7.40. The summed E-state index contributed by atoms with van der Waals surface area (Å²) in [6.45, 7) is 5.33. The van der Waals surface area contributed by atoms with Gasteiger partial charge in [0.1, 0.15) is 0 Å². The van der Waals surface area contributed by atoms with Crippen molar-refractivity contribution in [1.82, 2.24) is 4.98 Å². The van der Waals surface area contributed by atoms with Crippen molar-refractivity contribution < 1.29 is 14.3 Å².